The summed E-state index contributed by atoms with van der Waals surface area (Å²) in [5.74, 6) is -5.78. The number of furan rings is 1. The Hall–Kier alpha value is -2.29. The maximum Gasteiger partial charge on any atom is 0.290 e. The number of carbonyl (C=O) groups excluding carboxylic acids is 2. The van der Waals surface area contributed by atoms with Crippen molar-refractivity contribution >= 4 is 33.4 Å². The molecule has 1 aromatic heterocycles. The molecule has 134 valence electrons. The van der Waals surface area contributed by atoms with Crippen molar-refractivity contribution in [3.63, 3.8) is 0 Å². The first kappa shape index (κ1) is 19.0. The van der Waals surface area contributed by atoms with E-state index in [0.717, 1.165) is 6.07 Å². The highest BCUT2D eigenvalue weighted by atomic mass is 79.9. The van der Waals surface area contributed by atoms with E-state index < -0.39 is 41.5 Å². The van der Waals surface area contributed by atoms with E-state index >= 15 is 0 Å². The van der Waals surface area contributed by atoms with Gasteiger partial charge in [0.2, 0.25) is 5.91 Å². The van der Waals surface area contributed by atoms with E-state index in [4.69, 9.17) is 4.42 Å². The summed E-state index contributed by atoms with van der Waals surface area (Å²) in [5, 5.41) is 2.12. The van der Waals surface area contributed by atoms with Crippen molar-refractivity contribution in [3.8, 4) is 0 Å². The molecule has 9 heteroatoms. The summed E-state index contributed by atoms with van der Waals surface area (Å²) in [6.07, 6.45) is 0.570. The minimum Gasteiger partial charge on any atom is -0.444 e. The Morgan fingerprint density at radius 2 is 1.88 bits per heavy atom. The number of anilines is 1. The number of hydrogen-bond acceptors (Lipinski definition) is 3. The second-order valence-corrected chi connectivity index (χ2v) is 5.88. The highest BCUT2D eigenvalue weighted by molar-refractivity contribution is 9.10. The van der Waals surface area contributed by atoms with Crippen LogP contribution >= 0.6 is 15.9 Å². The Morgan fingerprint density at radius 3 is 2.48 bits per heavy atom. The first-order chi connectivity index (χ1) is 11.8. The smallest absolute Gasteiger partial charge is 0.290 e. The minimum atomic E-state index is -1.68. The lowest BCUT2D eigenvalue weighted by Gasteiger charge is -2.20. The molecular weight excluding hydrogens is 405 g/mol. The Balaban J connectivity index is 2.10. The van der Waals surface area contributed by atoms with Crippen LogP contribution < -0.4 is 5.32 Å². The van der Waals surface area contributed by atoms with Crippen LogP contribution in [0.4, 0.5) is 18.9 Å². The second-order valence-electron chi connectivity index (χ2n) is 5.10. The number of nitrogens with zero attached hydrogens (tertiary/aromatic N) is 1. The third-order valence-corrected chi connectivity index (χ3v) is 3.63. The van der Waals surface area contributed by atoms with E-state index in [2.05, 4.69) is 21.2 Å². The van der Waals surface area contributed by atoms with Crippen molar-refractivity contribution in [2.24, 2.45) is 0 Å². The second kappa shape index (κ2) is 8.19. The predicted molar refractivity (Wildman–Crippen MR) is 87.5 cm³/mol. The lowest BCUT2D eigenvalue weighted by Crippen LogP contribution is -2.38. The summed E-state index contributed by atoms with van der Waals surface area (Å²) in [4.78, 5) is 25.6. The Kier molecular flexibility index (Phi) is 6.24. The molecule has 0 atom stereocenters. The third-order valence-electron chi connectivity index (χ3n) is 3.21. The monoisotopic (exact) mass is 418 g/mol. The van der Waals surface area contributed by atoms with Crippen LogP contribution in [0.5, 0.6) is 0 Å². The third kappa shape index (κ3) is 4.62. The zero-order valence-electron chi connectivity index (χ0n) is 13.1. The van der Waals surface area contributed by atoms with Crippen LogP contribution in [-0.2, 0) is 4.79 Å². The average molecular weight is 419 g/mol. The van der Waals surface area contributed by atoms with Gasteiger partial charge < -0.3 is 14.6 Å². The van der Waals surface area contributed by atoms with Crippen molar-refractivity contribution in [2.75, 3.05) is 18.4 Å². The average Bonchev–Trinajstić information content (AvgIpc) is 3.01. The molecule has 25 heavy (non-hydrogen) atoms. The number of halogens is 4. The highest BCUT2D eigenvalue weighted by Crippen LogP contribution is 2.20. The Labute approximate surface area is 149 Å². The van der Waals surface area contributed by atoms with Crippen LogP contribution in [0.2, 0.25) is 0 Å². The molecule has 0 aliphatic rings. The van der Waals surface area contributed by atoms with Gasteiger partial charge in [0, 0.05) is 6.54 Å². The molecule has 5 nitrogen and oxygen atoms in total. The summed E-state index contributed by atoms with van der Waals surface area (Å²) in [6, 6.07) is 4.58. The first-order valence-corrected chi connectivity index (χ1v) is 8.10. The summed E-state index contributed by atoms with van der Waals surface area (Å²) in [5.41, 5.74) is -0.506. The molecular formula is C16H14BrF3N2O3. The van der Waals surface area contributed by atoms with E-state index in [9.17, 15) is 22.8 Å². The molecule has 2 aromatic rings. The van der Waals surface area contributed by atoms with E-state index in [1.54, 1.807) is 0 Å². The Morgan fingerprint density at radius 1 is 1.16 bits per heavy atom. The quantitative estimate of drug-likeness (QED) is 0.722. The molecule has 2 amide bonds. The molecule has 0 fully saturated rings. The van der Waals surface area contributed by atoms with Gasteiger partial charge in [-0.15, -0.1) is 0 Å². The van der Waals surface area contributed by atoms with Gasteiger partial charge >= 0.3 is 0 Å². The molecule has 0 saturated carbocycles. The molecule has 1 heterocycles. The molecule has 0 bridgehead atoms. The van der Waals surface area contributed by atoms with Crippen LogP contribution in [0.15, 0.2) is 33.4 Å². The normalized spacial score (nSPS) is 10.6. The fourth-order valence-corrected chi connectivity index (χ4v) is 2.40. The summed E-state index contributed by atoms with van der Waals surface area (Å²) >= 11 is 3.08. The molecule has 1 aromatic carbocycles. The van der Waals surface area contributed by atoms with E-state index in [1.165, 1.54) is 17.0 Å². The zero-order valence-corrected chi connectivity index (χ0v) is 14.7. The largest absolute Gasteiger partial charge is 0.444 e. The van der Waals surface area contributed by atoms with Gasteiger partial charge in [0.05, 0.1) is 5.69 Å². The van der Waals surface area contributed by atoms with Crippen LogP contribution in [0, 0.1) is 17.5 Å². The highest BCUT2D eigenvalue weighted by Gasteiger charge is 2.22. The Bertz CT molecular complexity index is 795. The lowest BCUT2D eigenvalue weighted by molar-refractivity contribution is -0.116. The van der Waals surface area contributed by atoms with Crippen LogP contribution in [0.25, 0.3) is 0 Å². The van der Waals surface area contributed by atoms with Gasteiger partial charge in [0.25, 0.3) is 5.91 Å². The fraction of sp³-hybridized carbons (Fsp3) is 0.250. The number of hydrogen-bond donors (Lipinski definition) is 1. The maximum atomic E-state index is 13.6. The SMILES string of the molecule is CCCN(CC(=O)Nc1ccc(F)c(F)c1F)C(=O)c1ccc(Br)o1. The van der Waals surface area contributed by atoms with Gasteiger partial charge in [0.15, 0.2) is 27.9 Å². The molecule has 0 spiro atoms. The molecule has 1 N–H and O–H groups in total. The van der Waals surface area contributed by atoms with Gasteiger partial charge in [-0.2, -0.15) is 0 Å². The number of carbonyl (C=O) groups is 2. The molecule has 0 aliphatic carbocycles. The maximum absolute atomic E-state index is 13.6. The van der Waals surface area contributed by atoms with Crippen LogP contribution in [-0.4, -0.2) is 29.8 Å². The summed E-state index contributed by atoms with van der Waals surface area (Å²) in [6.45, 7) is 1.67. The standard InChI is InChI=1S/C16H14BrF3N2O3/c1-2-7-22(16(24)11-5-6-12(17)25-11)8-13(23)21-10-4-3-9(18)14(19)15(10)20/h3-6H,2,7-8H2,1H3,(H,21,23). The minimum absolute atomic E-state index is 0.0344. The number of nitrogens with one attached hydrogen (secondary N) is 1. The van der Waals surface area contributed by atoms with E-state index in [-0.39, 0.29) is 12.3 Å². The molecule has 2 rings (SSSR count). The predicted octanol–water partition coefficient (Wildman–Crippen LogP) is 3.95. The van der Waals surface area contributed by atoms with Gasteiger partial charge in [0.1, 0.15) is 6.54 Å². The fourth-order valence-electron chi connectivity index (χ4n) is 2.09. The molecule has 0 aliphatic heterocycles. The van der Waals surface area contributed by atoms with Gasteiger partial charge in [-0.05, 0) is 46.6 Å². The molecule has 0 radical (unpaired) electrons. The van der Waals surface area contributed by atoms with Crippen molar-refractivity contribution in [1.82, 2.24) is 4.90 Å². The molecule has 0 saturated heterocycles. The number of benzene rings is 1. The zero-order chi connectivity index (χ0) is 18.6. The molecule has 0 unspecified atom stereocenters. The van der Waals surface area contributed by atoms with Crippen molar-refractivity contribution in [3.05, 3.63) is 52.1 Å². The van der Waals surface area contributed by atoms with Crippen LogP contribution in [0.3, 0.4) is 0 Å². The van der Waals surface area contributed by atoms with Gasteiger partial charge in [-0.1, -0.05) is 6.92 Å². The number of rotatable bonds is 6. The first-order valence-electron chi connectivity index (χ1n) is 7.31. The van der Waals surface area contributed by atoms with Gasteiger partial charge in [-0.25, -0.2) is 13.2 Å². The topological polar surface area (TPSA) is 62.6 Å². The van der Waals surface area contributed by atoms with E-state index in [1.807, 2.05) is 6.92 Å². The van der Waals surface area contributed by atoms with Crippen molar-refractivity contribution in [1.29, 1.82) is 0 Å². The lowest BCUT2D eigenvalue weighted by atomic mass is 10.2. The summed E-state index contributed by atoms with van der Waals surface area (Å²) < 4.78 is 45.2. The van der Waals surface area contributed by atoms with E-state index in [0.29, 0.717) is 17.2 Å². The van der Waals surface area contributed by atoms with Crippen molar-refractivity contribution in [2.45, 2.75) is 13.3 Å². The summed E-state index contributed by atoms with van der Waals surface area (Å²) in [7, 11) is 0. The van der Waals surface area contributed by atoms with Crippen LogP contribution in [0.1, 0.15) is 23.9 Å². The van der Waals surface area contributed by atoms with Gasteiger partial charge in [-0.3, -0.25) is 9.59 Å². The van der Waals surface area contributed by atoms with Crippen molar-refractivity contribution < 1.29 is 27.2 Å². The number of amides is 2.